The zero-order valence-corrected chi connectivity index (χ0v) is 7.60. The van der Waals surface area contributed by atoms with Crippen molar-refractivity contribution in [2.45, 2.75) is 38.2 Å². The first-order valence-corrected chi connectivity index (χ1v) is 4.45. The zero-order valence-electron chi connectivity index (χ0n) is 7.60. The van der Waals surface area contributed by atoms with Gasteiger partial charge in [-0.15, -0.1) is 0 Å². The first-order chi connectivity index (χ1) is 5.20. The Labute approximate surface area is 69.1 Å². The average Bonchev–Trinajstić information content (AvgIpc) is 2.73. The van der Waals surface area contributed by atoms with E-state index in [2.05, 4.69) is 6.92 Å². The molecule has 2 nitrogen and oxygen atoms in total. The van der Waals surface area contributed by atoms with Gasteiger partial charge in [0.05, 0.1) is 5.60 Å². The minimum absolute atomic E-state index is 0.0515. The number of ether oxygens (including phenoxy) is 1. The molecule has 0 aliphatic heterocycles. The van der Waals surface area contributed by atoms with Crippen LogP contribution in [0.2, 0.25) is 0 Å². The van der Waals surface area contributed by atoms with Gasteiger partial charge in [-0.3, -0.25) is 0 Å². The molecule has 0 radical (unpaired) electrons. The molecule has 1 fully saturated rings. The summed E-state index contributed by atoms with van der Waals surface area (Å²) in [6.45, 7) is 2.90. The van der Waals surface area contributed by atoms with Crippen molar-refractivity contribution in [3.05, 3.63) is 0 Å². The maximum absolute atomic E-state index is 5.51. The smallest absolute Gasteiger partial charge is 0.0665 e. The largest absolute Gasteiger partial charge is 0.378 e. The summed E-state index contributed by atoms with van der Waals surface area (Å²) in [7, 11) is 1.79. The van der Waals surface area contributed by atoms with Crippen molar-refractivity contribution in [2.75, 3.05) is 13.7 Å². The highest BCUT2D eigenvalue weighted by molar-refractivity contribution is 4.85. The lowest BCUT2D eigenvalue weighted by Gasteiger charge is -2.27. The maximum atomic E-state index is 5.51. The van der Waals surface area contributed by atoms with Gasteiger partial charge < -0.3 is 10.5 Å². The molecule has 1 rings (SSSR count). The first kappa shape index (κ1) is 9.01. The molecule has 0 heterocycles. The van der Waals surface area contributed by atoms with Crippen LogP contribution in [-0.2, 0) is 4.74 Å². The Bertz CT molecular complexity index is 123. The topological polar surface area (TPSA) is 35.2 Å². The molecule has 0 aromatic carbocycles. The van der Waals surface area contributed by atoms with Crippen molar-refractivity contribution >= 4 is 0 Å². The highest BCUT2D eigenvalue weighted by Crippen LogP contribution is 2.38. The van der Waals surface area contributed by atoms with Crippen molar-refractivity contribution in [3.63, 3.8) is 0 Å². The number of methoxy groups -OCH3 is 1. The van der Waals surface area contributed by atoms with E-state index in [4.69, 9.17) is 10.5 Å². The highest BCUT2D eigenvalue weighted by atomic mass is 16.5. The van der Waals surface area contributed by atoms with E-state index in [1.165, 1.54) is 19.3 Å². The minimum Gasteiger partial charge on any atom is -0.378 e. The van der Waals surface area contributed by atoms with Crippen molar-refractivity contribution in [2.24, 2.45) is 11.7 Å². The van der Waals surface area contributed by atoms with Gasteiger partial charge in [-0.25, -0.2) is 0 Å². The van der Waals surface area contributed by atoms with Crippen molar-refractivity contribution < 1.29 is 4.74 Å². The van der Waals surface area contributed by atoms with Crippen molar-refractivity contribution in [3.8, 4) is 0 Å². The van der Waals surface area contributed by atoms with E-state index in [1.807, 2.05) is 0 Å². The predicted octanol–water partition coefficient (Wildman–Crippen LogP) is 1.54. The molecule has 1 unspecified atom stereocenters. The lowest BCUT2D eigenvalue weighted by molar-refractivity contribution is -0.0105. The van der Waals surface area contributed by atoms with Crippen LogP contribution in [0.1, 0.15) is 32.6 Å². The molecule has 0 saturated heterocycles. The Morgan fingerprint density at radius 2 is 2.18 bits per heavy atom. The third-order valence-electron chi connectivity index (χ3n) is 2.58. The van der Waals surface area contributed by atoms with Crippen LogP contribution in [0, 0.1) is 5.92 Å². The molecule has 1 atom stereocenters. The Hall–Kier alpha value is -0.0800. The second-order valence-electron chi connectivity index (χ2n) is 3.84. The number of hydrogen-bond donors (Lipinski definition) is 1. The Kier molecular flexibility index (Phi) is 2.90. The molecule has 11 heavy (non-hydrogen) atoms. The predicted molar refractivity (Wildman–Crippen MR) is 46.4 cm³/mol. The average molecular weight is 157 g/mol. The van der Waals surface area contributed by atoms with E-state index in [0.717, 1.165) is 18.9 Å². The summed E-state index contributed by atoms with van der Waals surface area (Å²) >= 11 is 0. The lowest BCUT2D eigenvalue weighted by atomic mass is 9.95. The van der Waals surface area contributed by atoms with Gasteiger partial charge >= 0.3 is 0 Å². The summed E-state index contributed by atoms with van der Waals surface area (Å²) in [5.74, 6) is 0.923. The van der Waals surface area contributed by atoms with Crippen LogP contribution in [0.3, 0.4) is 0 Å². The van der Waals surface area contributed by atoms with Crippen LogP contribution >= 0.6 is 0 Å². The maximum Gasteiger partial charge on any atom is 0.0665 e. The van der Waals surface area contributed by atoms with Gasteiger partial charge in [0.1, 0.15) is 0 Å². The zero-order chi connectivity index (χ0) is 8.32. The Morgan fingerprint density at radius 1 is 1.55 bits per heavy atom. The third-order valence-corrected chi connectivity index (χ3v) is 2.58. The molecular weight excluding hydrogens is 138 g/mol. The number of nitrogens with two attached hydrogens (primary N) is 1. The minimum atomic E-state index is 0.0515. The third kappa shape index (κ3) is 2.80. The molecule has 2 N–H and O–H groups in total. The van der Waals surface area contributed by atoms with E-state index >= 15 is 0 Å². The number of rotatable bonds is 5. The Balaban J connectivity index is 2.29. The Morgan fingerprint density at radius 3 is 2.55 bits per heavy atom. The molecule has 0 spiro atoms. The van der Waals surface area contributed by atoms with Crippen LogP contribution in [0.25, 0.3) is 0 Å². The summed E-state index contributed by atoms with van der Waals surface area (Å²) in [5.41, 5.74) is 5.56. The van der Waals surface area contributed by atoms with Gasteiger partial charge in [0.2, 0.25) is 0 Å². The molecule has 1 aliphatic rings. The summed E-state index contributed by atoms with van der Waals surface area (Å²) in [4.78, 5) is 0. The van der Waals surface area contributed by atoms with Gasteiger partial charge in [-0.2, -0.15) is 0 Å². The molecule has 2 heteroatoms. The normalized spacial score (nSPS) is 23.2. The van der Waals surface area contributed by atoms with Gasteiger partial charge in [-0.05, 0) is 32.2 Å². The van der Waals surface area contributed by atoms with Gasteiger partial charge in [0, 0.05) is 7.11 Å². The lowest BCUT2D eigenvalue weighted by Crippen LogP contribution is -2.30. The number of hydrogen-bond acceptors (Lipinski definition) is 2. The fraction of sp³-hybridized carbons (Fsp3) is 1.00. The molecule has 1 aliphatic carbocycles. The molecule has 1 saturated carbocycles. The molecule has 0 bridgehead atoms. The molecular formula is C9H19NO. The first-order valence-electron chi connectivity index (χ1n) is 4.45. The van der Waals surface area contributed by atoms with Gasteiger partial charge in [-0.1, -0.05) is 12.8 Å². The summed E-state index contributed by atoms with van der Waals surface area (Å²) < 4.78 is 5.45. The quantitative estimate of drug-likeness (QED) is 0.657. The van der Waals surface area contributed by atoms with Crippen LogP contribution in [-0.4, -0.2) is 19.3 Å². The van der Waals surface area contributed by atoms with E-state index in [1.54, 1.807) is 7.11 Å². The molecule has 0 amide bonds. The van der Waals surface area contributed by atoms with E-state index < -0.39 is 0 Å². The van der Waals surface area contributed by atoms with Crippen molar-refractivity contribution in [1.82, 2.24) is 0 Å². The van der Waals surface area contributed by atoms with Crippen molar-refractivity contribution in [1.29, 1.82) is 0 Å². The standard InChI is InChI=1S/C9H19NO/c1-9(11-2,5-6-10)7-8-3-4-8/h8H,3-7,10H2,1-2H3. The van der Waals surface area contributed by atoms with Gasteiger partial charge in [0.25, 0.3) is 0 Å². The molecule has 0 aromatic heterocycles. The summed E-state index contributed by atoms with van der Waals surface area (Å²) in [6, 6.07) is 0. The van der Waals surface area contributed by atoms with Crippen LogP contribution in [0.15, 0.2) is 0 Å². The van der Waals surface area contributed by atoms with Crippen LogP contribution in [0.4, 0.5) is 0 Å². The monoisotopic (exact) mass is 157 g/mol. The second kappa shape index (κ2) is 3.55. The summed E-state index contributed by atoms with van der Waals surface area (Å²) in [6.07, 6.45) is 4.97. The fourth-order valence-corrected chi connectivity index (χ4v) is 1.53. The molecule has 66 valence electrons. The second-order valence-corrected chi connectivity index (χ2v) is 3.84. The molecule has 0 aromatic rings. The van der Waals surface area contributed by atoms with E-state index in [0.29, 0.717) is 0 Å². The van der Waals surface area contributed by atoms with Crippen LogP contribution < -0.4 is 5.73 Å². The highest BCUT2D eigenvalue weighted by Gasteiger charge is 2.32. The fourth-order valence-electron chi connectivity index (χ4n) is 1.53. The van der Waals surface area contributed by atoms with Crippen LogP contribution in [0.5, 0.6) is 0 Å². The summed E-state index contributed by atoms with van der Waals surface area (Å²) in [5, 5.41) is 0. The van der Waals surface area contributed by atoms with E-state index in [-0.39, 0.29) is 5.60 Å². The van der Waals surface area contributed by atoms with E-state index in [9.17, 15) is 0 Å². The SMILES string of the molecule is COC(C)(CCN)CC1CC1. The van der Waals surface area contributed by atoms with Gasteiger partial charge in [0.15, 0.2) is 0 Å².